The van der Waals surface area contributed by atoms with Crippen LogP contribution in [0.3, 0.4) is 0 Å². The fraction of sp³-hybridized carbons (Fsp3) is 0.381. The lowest BCUT2D eigenvalue weighted by molar-refractivity contribution is -0.117. The van der Waals surface area contributed by atoms with Crippen LogP contribution in [0, 0.1) is 0 Å². The summed E-state index contributed by atoms with van der Waals surface area (Å²) < 4.78 is 11.4. The molecule has 2 aromatic rings. The molecule has 0 radical (unpaired) electrons. The quantitative estimate of drug-likeness (QED) is 0.788. The van der Waals surface area contributed by atoms with Gasteiger partial charge in [0.2, 0.25) is 5.91 Å². The van der Waals surface area contributed by atoms with E-state index in [0.717, 1.165) is 42.4 Å². The molecule has 1 N–H and O–H groups in total. The molecule has 0 aromatic heterocycles. The summed E-state index contributed by atoms with van der Waals surface area (Å²) in [5.74, 6) is 1.29. The zero-order chi connectivity index (χ0) is 18.4. The van der Waals surface area contributed by atoms with Crippen LogP contribution >= 0.6 is 0 Å². The van der Waals surface area contributed by atoms with Crippen LogP contribution in [-0.4, -0.2) is 43.7 Å². The molecule has 1 heterocycles. The van der Waals surface area contributed by atoms with Crippen molar-refractivity contribution in [2.75, 3.05) is 38.2 Å². The second-order valence-corrected chi connectivity index (χ2v) is 6.29. The van der Waals surface area contributed by atoms with E-state index in [0.29, 0.717) is 13.2 Å². The molecule has 1 aliphatic heterocycles. The molecule has 1 atom stereocenters. The van der Waals surface area contributed by atoms with E-state index in [-0.39, 0.29) is 11.8 Å². The third kappa shape index (κ3) is 4.35. The first-order chi connectivity index (χ1) is 12.7. The van der Waals surface area contributed by atoms with E-state index >= 15 is 0 Å². The molecule has 26 heavy (non-hydrogen) atoms. The molecular formula is C21H26N2O3. The number of benzene rings is 2. The van der Waals surface area contributed by atoms with Crippen molar-refractivity contribution in [1.29, 1.82) is 0 Å². The molecule has 5 heteroatoms. The van der Waals surface area contributed by atoms with Crippen molar-refractivity contribution in [2.24, 2.45) is 0 Å². The molecular weight excluding hydrogens is 328 g/mol. The molecule has 0 bridgehead atoms. The summed E-state index contributed by atoms with van der Waals surface area (Å²) in [5.41, 5.74) is 1.71. The standard InChI is InChI=1S/C21H26N2O3/c1-3-23(4-2)13-14-25-17-11-9-16(10-12-17)22-21(24)19-15-26-20-8-6-5-7-18(19)20/h5-12,19H,3-4,13-15H2,1-2H3,(H,22,24). The number of carbonyl (C=O) groups is 1. The van der Waals surface area contributed by atoms with Gasteiger partial charge in [-0.2, -0.15) is 0 Å². The molecule has 0 aliphatic carbocycles. The Kier molecular flexibility index (Phi) is 6.12. The van der Waals surface area contributed by atoms with Crippen LogP contribution in [0.25, 0.3) is 0 Å². The van der Waals surface area contributed by atoms with E-state index in [9.17, 15) is 4.79 Å². The average Bonchev–Trinajstić information content (AvgIpc) is 3.11. The van der Waals surface area contributed by atoms with E-state index < -0.39 is 0 Å². The molecule has 1 amide bonds. The number of nitrogens with zero attached hydrogens (tertiary/aromatic N) is 1. The van der Waals surface area contributed by atoms with Crippen molar-refractivity contribution in [3.05, 3.63) is 54.1 Å². The van der Waals surface area contributed by atoms with E-state index in [2.05, 4.69) is 24.1 Å². The van der Waals surface area contributed by atoms with Gasteiger partial charge in [-0.05, 0) is 43.4 Å². The Morgan fingerprint density at radius 3 is 2.62 bits per heavy atom. The third-order valence-electron chi connectivity index (χ3n) is 4.71. The van der Waals surface area contributed by atoms with Gasteiger partial charge in [0.15, 0.2) is 0 Å². The van der Waals surface area contributed by atoms with Crippen molar-refractivity contribution < 1.29 is 14.3 Å². The van der Waals surface area contributed by atoms with Crippen LogP contribution in [0.2, 0.25) is 0 Å². The Morgan fingerprint density at radius 2 is 1.88 bits per heavy atom. The number of rotatable bonds is 8. The summed E-state index contributed by atoms with van der Waals surface area (Å²) in [6, 6.07) is 15.2. The highest BCUT2D eigenvalue weighted by Gasteiger charge is 2.29. The number of amides is 1. The topological polar surface area (TPSA) is 50.8 Å². The third-order valence-corrected chi connectivity index (χ3v) is 4.71. The molecule has 0 saturated carbocycles. The van der Waals surface area contributed by atoms with Crippen molar-refractivity contribution in [1.82, 2.24) is 4.90 Å². The van der Waals surface area contributed by atoms with Gasteiger partial charge in [0.05, 0.1) is 0 Å². The summed E-state index contributed by atoms with van der Waals surface area (Å²) in [4.78, 5) is 14.9. The monoisotopic (exact) mass is 354 g/mol. The van der Waals surface area contributed by atoms with Gasteiger partial charge in [-0.15, -0.1) is 0 Å². The normalized spacial score (nSPS) is 15.4. The minimum atomic E-state index is -0.267. The average molecular weight is 354 g/mol. The number of nitrogens with one attached hydrogen (secondary N) is 1. The molecule has 3 rings (SSSR count). The number of para-hydroxylation sites is 1. The first kappa shape index (κ1) is 18.3. The van der Waals surface area contributed by atoms with Gasteiger partial charge in [-0.3, -0.25) is 4.79 Å². The zero-order valence-corrected chi connectivity index (χ0v) is 15.4. The minimum absolute atomic E-state index is 0.0508. The van der Waals surface area contributed by atoms with Crippen molar-refractivity contribution >= 4 is 11.6 Å². The highest BCUT2D eigenvalue weighted by molar-refractivity contribution is 5.96. The van der Waals surface area contributed by atoms with Gasteiger partial charge in [-0.25, -0.2) is 0 Å². The summed E-state index contributed by atoms with van der Waals surface area (Å²) in [7, 11) is 0. The molecule has 0 fully saturated rings. The van der Waals surface area contributed by atoms with E-state index in [1.165, 1.54) is 0 Å². The highest BCUT2D eigenvalue weighted by Crippen LogP contribution is 2.34. The molecule has 0 spiro atoms. The number of ether oxygens (including phenoxy) is 2. The van der Waals surface area contributed by atoms with Crippen LogP contribution in [0.5, 0.6) is 11.5 Å². The Labute approximate surface area is 154 Å². The van der Waals surface area contributed by atoms with Gasteiger partial charge >= 0.3 is 0 Å². The second kappa shape index (κ2) is 8.72. The summed E-state index contributed by atoms with van der Waals surface area (Å²) in [5, 5.41) is 2.96. The Bertz CT molecular complexity index is 726. The zero-order valence-electron chi connectivity index (χ0n) is 15.4. The largest absolute Gasteiger partial charge is 0.492 e. The van der Waals surface area contributed by atoms with Gasteiger partial charge in [-0.1, -0.05) is 32.0 Å². The number of likely N-dealkylation sites (N-methyl/N-ethyl adjacent to an activating group) is 1. The fourth-order valence-electron chi connectivity index (χ4n) is 3.08. The lowest BCUT2D eigenvalue weighted by atomic mass is 10.0. The highest BCUT2D eigenvalue weighted by atomic mass is 16.5. The molecule has 2 aromatic carbocycles. The van der Waals surface area contributed by atoms with Crippen LogP contribution in [-0.2, 0) is 4.79 Å². The molecule has 0 saturated heterocycles. The van der Waals surface area contributed by atoms with Crippen LogP contribution in [0.15, 0.2) is 48.5 Å². The maximum atomic E-state index is 12.5. The minimum Gasteiger partial charge on any atom is -0.492 e. The first-order valence-corrected chi connectivity index (χ1v) is 9.19. The molecule has 138 valence electrons. The van der Waals surface area contributed by atoms with Gasteiger partial charge in [0, 0.05) is 17.8 Å². The number of hydrogen-bond donors (Lipinski definition) is 1. The smallest absolute Gasteiger partial charge is 0.235 e. The van der Waals surface area contributed by atoms with E-state index in [4.69, 9.17) is 9.47 Å². The Morgan fingerprint density at radius 1 is 1.15 bits per heavy atom. The van der Waals surface area contributed by atoms with Gasteiger partial charge in [0.1, 0.15) is 30.6 Å². The number of anilines is 1. The van der Waals surface area contributed by atoms with Gasteiger partial charge in [0.25, 0.3) is 0 Å². The van der Waals surface area contributed by atoms with Crippen LogP contribution < -0.4 is 14.8 Å². The lowest BCUT2D eigenvalue weighted by Gasteiger charge is -2.18. The molecule has 1 unspecified atom stereocenters. The summed E-state index contributed by atoms with van der Waals surface area (Å²) >= 11 is 0. The second-order valence-electron chi connectivity index (χ2n) is 6.29. The predicted octanol–water partition coefficient (Wildman–Crippen LogP) is 3.52. The van der Waals surface area contributed by atoms with Crippen molar-refractivity contribution in [3.63, 3.8) is 0 Å². The number of fused-ring (bicyclic) bond motifs is 1. The molecule has 5 nitrogen and oxygen atoms in total. The SMILES string of the molecule is CCN(CC)CCOc1ccc(NC(=O)C2COc3ccccc32)cc1. The number of carbonyl (C=O) groups excluding carboxylic acids is 1. The van der Waals surface area contributed by atoms with Gasteiger partial charge < -0.3 is 19.7 Å². The van der Waals surface area contributed by atoms with Crippen LogP contribution in [0.1, 0.15) is 25.3 Å². The fourth-order valence-corrected chi connectivity index (χ4v) is 3.08. The maximum absolute atomic E-state index is 12.5. The number of hydrogen-bond acceptors (Lipinski definition) is 4. The van der Waals surface area contributed by atoms with Crippen molar-refractivity contribution in [2.45, 2.75) is 19.8 Å². The molecule has 1 aliphatic rings. The lowest BCUT2D eigenvalue weighted by Crippen LogP contribution is -2.27. The first-order valence-electron chi connectivity index (χ1n) is 9.19. The van der Waals surface area contributed by atoms with Crippen LogP contribution in [0.4, 0.5) is 5.69 Å². The van der Waals surface area contributed by atoms with E-state index in [1.807, 2.05) is 48.5 Å². The Balaban J connectivity index is 1.52. The summed E-state index contributed by atoms with van der Waals surface area (Å²) in [6.45, 7) is 8.30. The predicted molar refractivity (Wildman–Crippen MR) is 103 cm³/mol. The summed E-state index contributed by atoms with van der Waals surface area (Å²) in [6.07, 6.45) is 0. The van der Waals surface area contributed by atoms with Crippen molar-refractivity contribution in [3.8, 4) is 11.5 Å². The van der Waals surface area contributed by atoms with E-state index in [1.54, 1.807) is 0 Å². The maximum Gasteiger partial charge on any atom is 0.235 e. The Hall–Kier alpha value is -2.53.